The van der Waals surface area contributed by atoms with E-state index in [2.05, 4.69) is 62.5 Å². The van der Waals surface area contributed by atoms with E-state index in [0.29, 0.717) is 13.0 Å². The van der Waals surface area contributed by atoms with Gasteiger partial charge in [0.15, 0.2) is 0 Å². The average Bonchev–Trinajstić information content (AvgIpc) is 3.25. The van der Waals surface area contributed by atoms with Gasteiger partial charge in [0.05, 0.1) is 19.8 Å². The number of hydrogen-bond donors (Lipinski definition) is 2. The van der Waals surface area contributed by atoms with Crippen LogP contribution in [0.5, 0.6) is 0 Å². The van der Waals surface area contributed by atoms with Crippen molar-refractivity contribution in [3.8, 4) is 0 Å². The molecule has 2 unspecified atom stereocenters. The van der Waals surface area contributed by atoms with Crippen molar-refractivity contribution in [3.63, 3.8) is 0 Å². The predicted molar refractivity (Wildman–Crippen MR) is 261 cm³/mol. The molecule has 358 valence electrons. The highest BCUT2D eigenvalue weighted by atomic mass is 31.2. The van der Waals surface area contributed by atoms with Gasteiger partial charge in [0.1, 0.15) is 6.10 Å². The lowest BCUT2D eigenvalue weighted by atomic mass is 10.0. The largest absolute Gasteiger partial charge is 0.472 e. The molecule has 9 heteroatoms. The smallest absolute Gasteiger partial charge is 0.457 e. The van der Waals surface area contributed by atoms with E-state index < -0.39 is 13.9 Å². The third kappa shape index (κ3) is 49.3. The molecule has 0 aliphatic heterocycles. The number of phosphoric acid groups is 1. The first-order valence-electron chi connectivity index (χ1n) is 25.6. The maximum atomic E-state index is 12.7. The van der Waals surface area contributed by atoms with E-state index in [4.69, 9.17) is 24.3 Å². The quantitative estimate of drug-likeness (QED) is 0.0269. The maximum absolute atomic E-state index is 12.7. The van der Waals surface area contributed by atoms with Gasteiger partial charge < -0.3 is 20.1 Å². The number of rotatable bonds is 49. The molecule has 0 spiro atoms. The summed E-state index contributed by atoms with van der Waals surface area (Å²) in [4.78, 5) is 22.6. The first kappa shape index (κ1) is 59.5. The van der Waals surface area contributed by atoms with Gasteiger partial charge in [-0.15, -0.1) is 0 Å². The van der Waals surface area contributed by atoms with E-state index in [1.807, 2.05) is 0 Å². The second kappa shape index (κ2) is 49.5. The molecule has 0 saturated carbocycles. The van der Waals surface area contributed by atoms with Crippen molar-refractivity contribution in [2.75, 3.05) is 33.0 Å². The fourth-order valence-electron chi connectivity index (χ4n) is 7.18. The van der Waals surface area contributed by atoms with Crippen LogP contribution in [0.15, 0.2) is 48.6 Å². The van der Waals surface area contributed by atoms with Crippen molar-refractivity contribution in [3.05, 3.63) is 48.6 Å². The molecular formula is C52H98NO7P. The van der Waals surface area contributed by atoms with Gasteiger partial charge in [0.2, 0.25) is 0 Å². The van der Waals surface area contributed by atoms with Gasteiger partial charge in [-0.3, -0.25) is 13.8 Å². The summed E-state index contributed by atoms with van der Waals surface area (Å²) >= 11 is 0. The van der Waals surface area contributed by atoms with Gasteiger partial charge in [0.25, 0.3) is 0 Å². The van der Waals surface area contributed by atoms with E-state index in [1.54, 1.807) is 0 Å². The van der Waals surface area contributed by atoms with Gasteiger partial charge in [-0.25, -0.2) is 4.57 Å². The van der Waals surface area contributed by atoms with E-state index >= 15 is 0 Å². The number of nitrogens with two attached hydrogens (primary N) is 1. The molecule has 0 radical (unpaired) electrons. The summed E-state index contributed by atoms with van der Waals surface area (Å²) in [5.41, 5.74) is 5.39. The Balaban J connectivity index is 3.93. The summed E-state index contributed by atoms with van der Waals surface area (Å²) < 4.78 is 33.6. The zero-order valence-electron chi connectivity index (χ0n) is 39.9. The van der Waals surface area contributed by atoms with Crippen LogP contribution in [0.4, 0.5) is 0 Å². The number of hydrogen-bond acceptors (Lipinski definition) is 7. The number of ether oxygens (including phenoxy) is 2. The van der Waals surface area contributed by atoms with E-state index in [0.717, 1.165) is 51.4 Å². The van der Waals surface area contributed by atoms with E-state index in [1.165, 1.54) is 167 Å². The van der Waals surface area contributed by atoms with E-state index in [9.17, 15) is 14.3 Å². The highest BCUT2D eigenvalue weighted by Crippen LogP contribution is 2.43. The molecule has 2 atom stereocenters. The van der Waals surface area contributed by atoms with Crippen LogP contribution in [-0.2, 0) is 27.9 Å². The van der Waals surface area contributed by atoms with Crippen molar-refractivity contribution in [1.29, 1.82) is 0 Å². The zero-order valence-corrected chi connectivity index (χ0v) is 40.8. The third-order valence-electron chi connectivity index (χ3n) is 11.0. The number of unbranched alkanes of at least 4 members (excludes halogenated alkanes) is 28. The Bertz CT molecular complexity index is 1080. The predicted octanol–water partition coefficient (Wildman–Crippen LogP) is 15.9. The number of carbonyl (C=O) groups is 1. The molecular weight excluding hydrogens is 782 g/mol. The molecule has 0 aromatic rings. The van der Waals surface area contributed by atoms with Crippen LogP contribution in [0.2, 0.25) is 0 Å². The molecule has 0 rings (SSSR count). The van der Waals surface area contributed by atoms with Gasteiger partial charge in [-0.1, -0.05) is 204 Å². The summed E-state index contributed by atoms with van der Waals surface area (Å²) in [5.74, 6) is -0.333. The molecule has 0 aromatic carbocycles. The standard InChI is InChI=1S/C52H98NO7P/c1-3-5-7-9-11-13-15-17-19-21-22-23-24-25-26-27-28-29-31-33-35-37-39-41-43-45-52(54)60-51(50-59-61(55,56)58-48-46-53)49-57-47-44-42-40-38-36-34-32-30-20-18-16-14-12-10-8-6-4-2/h14-17,20-22,30,51H,3-13,18-19,23-29,31-50,53H2,1-2H3,(H,55,56)/b16-14-,17-15-,22-21-,30-20-. The lowest BCUT2D eigenvalue weighted by Gasteiger charge is -2.20. The number of esters is 1. The third-order valence-corrected chi connectivity index (χ3v) is 12.0. The molecule has 0 aromatic heterocycles. The van der Waals surface area contributed by atoms with Gasteiger partial charge in [0, 0.05) is 19.6 Å². The molecule has 0 bridgehead atoms. The SMILES string of the molecule is CCCCCC/C=C\C/C=C\CCCCCCCCOCC(COP(=O)(O)OCCN)OC(=O)CCCCCCCCCCCCCCC/C=C\C/C=C\CCCCCCC. The zero-order chi connectivity index (χ0) is 44.4. The van der Waals surface area contributed by atoms with Crippen molar-refractivity contribution in [1.82, 2.24) is 0 Å². The molecule has 0 amide bonds. The Morgan fingerprint density at radius 3 is 1.30 bits per heavy atom. The lowest BCUT2D eigenvalue weighted by molar-refractivity contribution is -0.154. The molecule has 61 heavy (non-hydrogen) atoms. The van der Waals surface area contributed by atoms with Crippen LogP contribution in [0.3, 0.4) is 0 Å². The number of carbonyl (C=O) groups excluding carboxylic acids is 1. The Morgan fingerprint density at radius 2 is 0.869 bits per heavy atom. The molecule has 8 nitrogen and oxygen atoms in total. The van der Waals surface area contributed by atoms with Crippen LogP contribution in [-0.4, -0.2) is 49.9 Å². The van der Waals surface area contributed by atoms with Crippen LogP contribution in [0, 0.1) is 0 Å². The Hall–Kier alpha value is -1.54. The minimum absolute atomic E-state index is 0.0977. The topological polar surface area (TPSA) is 117 Å². The summed E-state index contributed by atoms with van der Waals surface area (Å²) in [6.45, 7) is 4.90. The second-order valence-corrected chi connectivity index (χ2v) is 18.5. The van der Waals surface area contributed by atoms with Crippen molar-refractivity contribution < 1.29 is 32.8 Å². The molecule has 0 aliphatic carbocycles. The fourth-order valence-corrected chi connectivity index (χ4v) is 7.94. The molecule has 0 aliphatic rings. The Morgan fingerprint density at radius 1 is 0.492 bits per heavy atom. The van der Waals surface area contributed by atoms with Gasteiger partial charge in [-0.05, 0) is 77.0 Å². The number of phosphoric ester groups is 1. The first-order valence-corrected chi connectivity index (χ1v) is 27.1. The van der Waals surface area contributed by atoms with Crippen LogP contribution >= 0.6 is 7.82 Å². The van der Waals surface area contributed by atoms with E-state index in [-0.39, 0.29) is 32.3 Å². The second-order valence-electron chi connectivity index (χ2n) is 17.0. The van der Waals surface area contributed by atoms with Crippen LogP contribution in [0.25, 0.3) is 0 Å². The van der Waals surface area contributed by atoms with Crippen molar-refractivity contribution in [2.24, 2.45) is 5.73 Å². The van der Waals surface area contributed by atoms with Crippen LogP contribution < -0.4 is 5.73 Å². The summed E-state index contributed by atoms with van der Waals surface area (Å²) in [7, 11) is -4.29. The highest BCUT2D eigenvalue weighted by Gasteiger charge is 2.25. The lowest BCUT2D eigenvalue weighted by Crippen LogP contribution is -2.28. The summed E-state index contributed by atoms with van der Waals surface area (Å²) in [6, 6.07) is 0. The molecule has 0 saturated heterocycles. The van der Waals surface area contributed by atoms with Gasteiger partial charge >= 0.3 is 13.8 Å². The first-order chi connectivity index (χ1) is 29.9. The maximum Gasteiger partial charge on any atom is 0.472 e. The Labute approximate surface area is 377 Å². The minimum atomic E-state index is -4.29. The molecule has 0 fully saturated rings. The summed E-state index contributed by atoms with van der Waals surface area (Å²) in [6.07, 6.45) is 60.0. The molecule has 0 heterocycles. The van der Waals surface area contributed by atoms with Crippen molar-refractivity contribution >= 4 is 13.8 Å². The van der Waals surface area contributed by atoms with Gasteiger partial charge in [-0.2, -0.15) is 0 Å². The fraction of sp³-hybridized carbons (Fsp3) is 0.827. The molecule has 3 N–H and O–H groups in total. The monoisotopic (exact) mass is 880 g/mol. The summed E-state index contributed by atoms with van der Waals surface area (Å²) in [5, 5.41) is 0. The normalized spacial score (nSPS) is 13.7. The van der Waals surface area contributed by atoms with Crippen molar-refractivity contribution in [2.45, 2.75) is 245 Å². The number of allylic oxidation sites excluding steroid dienone is 8. The highest BCUT2D eigenvalue weighted by molar-refractivity contribution is 7.47. The average molecular weight is 880 g/mol. The minimum Gasteiger partial charge on any atom is -0.457 e. The Kier molecular flexibility index (Phi) is 48.2. The van der Waals surface area contributed by atoms with Crippen LogP contribution in [0.1, 0.15) is 239 Å².